The molecule has 1 rings (SSSR count). The van der Waals surface area contributed by atoms with Crippen LogP contribution >= 0.6 is 0 Å². The normalized spacial score (nSPS) is 19.7. The van der Waals surface area contributed by atoms with Crippen molar-refractivity contribution in [3.8, 4) is 0 Å². The summed E-state index contributed by atoms with van der Waals surface area (Å²) in [5.74, 6) is -1.24. The number of nitrogens with zero attached hydrogens (tertiary/aromatic N) is 1. The van der Waals surface area contributed by atoms with Crippen LogP contribution in [0.3, 0.4) is 0 Å². The minimum atomic E-state index is -2.98. The third-order valence-corrected chi connectivity index (χ3v) is 4.75. The molecule has 1 fully saturated rings. The van der Waals surface area contributed by atoms with Gasteiger partial charge in [-0.3, -0.25) is 4.79 Å². The number of hydrogen-bond donors (Lipinski definition) is 2. The first-order valence-corrected chi connectivity index (χ1v) is 8.10. The molecule has 19 heavy (non-hydrogen) atoms. The zero-order chi connectivity index (χ0) is 14.5. The molecule has 1 atom stereocenters. The fraction of sp³-hybridized carbons (Fsp3) is 0.818. The Bertz CT molecular complexity index is 420. The van der Waals surface area contributed by atoms with Gasteiger partial charge in [-0.1, -0.05) is 6.92 Å². The number of aliphatic carboxylic acids is 1. The van der Waals surface area contributed by atoms with E-state index in [-0.39, 0.29) is 30.6 Å². The van der Waals surface area contributed by atoms with Crippen molar-refractivity contribution in [1.29, 1.82) is 0 Å². The number of carbonyl (C=O) groups is 2. The quantitative estimate of drug-likeness (QED) is 0.690. The van der Waals surface area contributed by atoms with Crippen molar-refractivity contribution >= 4 is 21.8 Å². The first-order valence-electron chi connectivity index (χ1n) is 6.28. The molecular formula is C11H20N2O5S. The van der Waals surface area contributed by atoms with Crippen LogP contribution in [0.25, 0.3) is 0 Å². The number of urea groups is 1. The molecule has 0 saturated carbocycles. The lowest BCUT2D eigenvalue weighted by Gasteiger charge is -2.26. The van der Waals surface area contributed by atoms with Crippen LogP contribution < -0.4 is 5.32 Å². The maximum absolute atomic E-state index is 11.7. The summed E-state index contributed by atoms with van der Waals surface area (Å²) < 4.78 is 22.4. The van der Waals surface area contributed by atoms with E-state index in [9.17, 15) is 18.0 Å². The van der Waals surface area contributed by atoms with Gasteiger partial charge >= 0.3 is 12.0 Å². The molecule has 1 aliphatic rings. The molecule has 1 heterocycles. The predicted octanol–water partition coefficient (Wildman–Crippen LogP) is -0.0727. The van der Waals surface area contributed by atoms with Crippen LogP contribution in [0, 0.1) is 5.92 Å². The van der Waals surface area contributed by atoms with Crippen LogP contribution in [0.15, 0.2) is 0 Å². The Balaban J connectivity index is 2.20. The van der Waals surface area contributed by atoms with Gasteiger partial charge in [0.1, 0.15) is 0 Å². The summed E-state index contributed by atoms with van der Waals surface area (Å²) in [7, 11) is -2.98. The first-order chi connectivity index (χ1) is 8.82. The zero-order valence-corrected chi connectivity index (χ0v) is 11.8. The molecule has 8 heteroatoms. The number of carbonyl (C=O) groups excluding carboxylic acids is 1. The van der Waals surface area contributed by atoms with Crippen molar-refractivity contribution in [3.63, 3.8) is 0 Å². The molecule has 0 aromatic heterocycles. The van der Waals surface area contributed by atoms with E-state index in [0.29, 0.717) is 19.4 Å². The highest BCUT2D eigenvalue weighted by Gasteiger charge is 2.24. The van der Waals surface area contributed by atoms with E-state index in [0.717, 1.165) is 0 Å². The number of rotatable bonds is 5. The van der Waals surface area contributed by atoms with Crippen LogP contribution in [-0.2, 0) is 14.6 Å². The topological polar surface area (TPSA) is 104 Å². The summed E-state index contributed by atoms with van der Waals surface area (Å²) in [6.45, 7) is 2.47. The SMILES string of the molecule is CC(CCCNC(=O)N1CCS(=O)(=O)CC1)C(=O)O. The predicted molar refractivity (Wildman–Crippen MR) is 69.7 cm³/mol. The molecule has 2 N–H and O–H groups in total. The van der Waals surface area contributed by atoms with E-state index < -0.39 is 21.7 Å². The highest BCUT2D eigenvalue weighted by atomic mass is 32.2. The molecule has 0 aromatic rings. The van der Waals surface area contributed by atoms with Crippen molar-refractivity contribution in [1.82, 2.24) is 10.2 Å². The van der Waals surface area contributed by atoms with Crippen molar-refractivity contribution < 1.29 is 23.1 Å². The monoisotopic (exact) mass is 292 g/mol. The van der Waals surface area contributed by atoms with Crippen LogP contribution in [0.4, 0.5) is 4.79 Å². The van der Waals surface area contributed by atoms with Crippen molar-refractivity contribution in [2.75, 3.05) is 31.1 Å². The molecule has 1 saturated heterocycles. The van der Waals surface area contributed by atoms with E-state index in [1.165, 1.54) is 4.90 Å². The molecule has 0 bridgehead atoms. The summed E-state index contributed by atoms with van der Waals surface area (Å²) in [5.41, 5.74) is 0. The molecule has 2 amide bonds. The van der Waals surface area contributed by atoms with Gasteiger partial charge in [0, 0.05) is 19.6 Å². The number of carboxylic acid groups (broad SMARTS) is 1. The highest BCUT2D eigenvalue weighted by Crippen LogP contribution is 2.06. The third-order valence-electron chi connectivity index (χ3n) is 3.14. The largest absolute Gasteiger partial charge is 0.481 e. The van der Waals surface area contributed by atoms with Crippen LogP contribution in [0.2, 0.25) is 0 Å². The average molecular weight is 292 g/mol. The second kappa shape index (κ2) is 6.74. The molecule has 0 aliphatic carbocycles. The van der Waals surface area contributed by atoms with Crippen LogP contribution in [0.1, 0.15) is 19.8 Å². The van der Waals surface area contributed by atoms with E-state index >= 15 is 0 Å². The number of carboxylic acids is 1. The molecule has 0 aromatic carbocycles. The summed E-state index contributed by atoms with van der Waals surface area (Å²) in [6, 6.07) is -0.280. The fourth-order valence-corrected chi connectivity index (χ4v) is 2.96. The lowest BCUT2D eigenvalue weighted by atomic mass is 10.1. The lowest BCUT2D eigenvalue weighted by molar-refractivity contribution is -0.141. The van der Waals surface area contributed by atoms with Gasteiger partial charge in [0.25, 0.3) is 0 Å². The maximum Gasteiger partial charge on any atom is 0.317 e. The standard InChI is InChI=1S/C11H20N2O5S/c1-9(10(14)15)3-2-4-12-11(16)13-5-7-19(17,18)8-6-13/h9H,2-8H2,1H3,(H,12,16)(H,14,15). The summed E-state index contributed by atoms with van der Waals surface area (Å²) in [6.07, 6.45) is 1.09. The number of nitrogens with one attached hydrogen (secondary N) is 1. The van der Waals surface area contributed by atoms with Gasteiger partial charge in [-0.15, -0.1) is 0 Å². The number of hydrogen-bond acceptors (Lipinski definition) is 4. The average Bonchev–Trinajstić information content (AvgIpc) is 2.33. The molecule has 110 valence electrons. The van der Waals surface area contributed by atoms with Crippen LogP contribution in [-0.4, -0.2) is 61.6 Å². The van der Waals surface area contributed by atoms with Gasteiger partial charge in [-0.05, 0) is 12.8 Å². The van der Waals surface area contributed by atoms with Gasteiger partial charge in [0.2, 0.25) is 0 Å². The van der Waals surface area contributed by atoms with Crippen molar-refractivity contribution in [2.45, 2.75) is 19.8 Å². The Morgan fingerprint density at radius 3 is 2.42 bits per heavy atom. The minimum absolute atomic E-state index is 0.0104. The summed E-state index contributed by atoms with van der Waals surface area (Å²) in [4.78, 5) is 23.7. The molecule has 1 unspecified atom stereocenters. The summed E-state index contributed by atoms with van der Waals surface area (Å²) >= 11 is 0. The van der Waals surface area contributed by atoms with Crippen LogP contribution in [0.5, 0.6) is 0 Å². The number of amides is 2. The van der Waals surface area contributed by atoms with E-state index in [1.54, 1.807) is 6.92 Å². The Morgan fingerprint density at radius 1 is 1.32 bits per heavy atom. The fourth-order valence-electron chi connectivity index (χ4n) is 1.75. The third kappa shape index (κ3) is 5.46. The zero-order valence-electron chi connectivity index (χ0n) is 11.0. The van der Waals surface area contributed by atoms with E-state index in [1.807, 2.05) is 0 Å². The second-order valence-corrected chi connectivity index (χ2v) is 7.06. The maximum atomic E-state index is 11.7. The molecule has 7 nitrogen and oxygen atoms in total. The molecular weight excluding hydrogens is 272 g/mol. The van der Waals surface area contributed by atoms with E-state index in [2.05, 4.69) is 5.32 Å². The lowest BCUT2D eigenvalue weighted by Crippen LogP contribution is -2.48. The molecule has 0 radical (unpaired) electrons. The Labute approximate surface area is 112 Å². The Morgan fingerprint density at radius 2 is 1.89 bits per heavy atom. The minimum Gasteiger partial charge on any atom is -0.481 e. The van der Waals surface area contributed by atoms with Gasteiger partial charge in [0.05, 0.1) is 17.4 Å². The van der Waals surface area contributed by atoms with E-state index in [4.69, 9.17) is 5.11 Å². The number of sulfone groups is 1. The van der Waals surface area contributed by atoms with Gasteiger partial charge in [-0.2, -0.15) is 0 Å². The summed E-state index contributed by atoms with van der Waals surface area (Å²) in [5, 5.41) is 11.4. The Hall–Kier alpha value is -1.31. The van der Waals surface area contributed by atoms with Crippen molar-refractivity contribution in [2.24, 2.45) is 5.92 Å². The van der Waals surface area contributed by atoms with Crippen molar-refractivity contribution in [3.05, 3.63) is 0 Å². The molecule has 0 spiro atoms. The first kappa shape index (κ1) is 15.7. The highest BCUT2D eigenvalue weighted by molar-refractivity contribution is 7.91. The molecule has 1 aliphatic heterocycles. The van der Waals surface area contributed by atoms with Gasteiger partial charge in [0.15, 0.2) is 9.84 Å². The Kier molecular flexibility index (Phi) is 5.59. The second-order valence-electron chi connectivity index (χ2n) is 4.75. The van der Waals surface area contributed by atoms with Gasteiger partial charge in [-0.25, -0.2) is 13.2 Å². The van der Waals surface area contributed by atoms with Gasteiger partial charge < -0.3 is 15.3 Å². The smallest absolute Gasteiger partial charge is 0.317 e.